The van der Waals surface area contributed by atoms with Crippen LogP contribution < -0.4 is 0 Å². The molecule has 2 aromatic rings. The summed E-state index contributed by atoms with van der Waals surface area (Å²) in [6, 6.07) is 18.3. The fourth-order valence-corrected chi connectivity index (χ4v) is 4.47. The Morgan fingerprint density at radius 1 is 1.03 bits per heavy atom. The third-order valence-electron chi connectivity index (χ3n) is 5.87. The number of likely N-dealkylation sites (tertiary alicyclic amines) is 1. The van der Waals surface area contributed by atoms with Gasteiger partial charge in [-0.25, -0.2) is 9.86 Å². The van der Waals surface area contributed by atoms with Crippen LogP contribution in [0.2, 0.25) is 0 Å². The van der Waals surface area contributed by atoms with Crippen molar-refractivity contribution in [2.24, 2.45) is 5.92 Å². The van der Waals surface area contributed by atoms with Crippen molar-refractivity contribution in [2.75, 3.05) is 19.7 Å². The van der Waals surface area contributed by atoms with Gasteiger partial charge in [0.2, 0.25) is 0 Å². The van der Waals surface area contributed by atoms with Gasteiger partial charge in [0.15, 0.2) is 5.78 Å². The van der Waals surface area contributed by atoms with Crippen LogP contribution in [0.5, 0.6) is 0 Å². The standard InChI is InChI=1S/C25H28N2O5/c1-24(2,3)32-23(30)26-15-20-16-31-27(25(20,17-26)19-12-8-5-9-13-19)22(29)14-21(28)18-10-6-4-7-11-18/h4-13,20H,14-17H2,1-3H3. The van der Waals surface area contributed by atoms with Crippen LogP contribution in [0.15, 0.2) is 60.7 Å². The summed E-state index contributed by atoms with van der Waals surface area (Å²) in [6.07, 6.45) is -0.729. The van der Waals surface area contributed by atoms with Gasteiger partial charge in [-0.3, -0.25) is 14.4 Å². The van der Waals surface area contributed by atoms with Crippen molar-refractivity contribution in [3.05, 3.63) is 71.8 Å². The van der Waals surface area contributed by atoms with Crippen LogP contribution in [0.25, 0.3) is 0 Å². The molecule has 0 bridgehead atoms. The van der Waals surface area contributed by atoms with Gasteiger partial charge in [-0.15, -0.1) is 0 Å². The van der Waals surface area contributed by atoms with Crippen molar-refractivity contribution in [2.45, 2.75) is 38.3 Å². The molecule has 0 radical (unpaired) electrons. The van der Waals surface area contributed by atoms with Gasteiger partial charge >= 0.3 is 6.09 Å². The Morgan fingerprint density at radius 2 is 1.66 bits per heavy atom. The van der Waals surface area contributed by atoms with E-state index in [1.54, 1.807) is 29.2 Å². The van der Waals surface area contributed by atoms with Gasteiger partial charge < -0.3 is 9.64 Å². The van der Waals surface area contributed by atoms with E-state index in [4.69, 9.17) is 9.57 Å². The summed E-state index contributed by atoms with van der Waals surface area (Å²) in [7, 11) is 0. The van der Waals surface area contributed by atoms with Gasteiger partial charge in [-0.05, 0) is 26.3 Å². The number of ketones is 1. The minimum Gasteiger partial charge on any atom is -0.444 e. The van der Waals surface area contributed by atoms with Crippen LogP contribution in [-0.2, 0) is 19.9 Å². The van der Waals surface area contributed by atoms with E-state index >= 15 is 0 Å². The van der Waals surface area contributed by atoms with Crippen molar-refractivity contribution in [3.63, 3.8) is 0 Å². The first-order valence-electron chi connectivity index (χ1n) is 10.8. The van der Waals surface area contributed by atoms with Crippen molar-refractivity contribution in [3.8, 4) is 0 Å². The number of hydrogen-bond acceptors (Lipinski definition) is 5. The molecule has 2 heterocycles. The minimum absolute atomic E-state index is 0.131. The summed E-state index contributed by atoms with van der Waals surface area (Å²) in [6.45, 7) is 6.39. The topological polar surface area (TPSA) is 76.2 Å². The number of Topliss-reactive ketones (excluding diaryl/α,β-unsaturated/α-hetero) is 1. The molecule has 7 nitrogen and oxygen atoms in total. The number of hydrogen-bond donors (Lipinski definition) is 0. The summed E-state index contributed by atoms with van der Waals surface area (Å²) in [5.74, 6) is -0.822. The zero-order chi connectivity index (χ0) is 22.9. The van der Waals surface area contributed by atoms with Gasteiger partial charge in [0, 0.05) is 18.0 Å². The smallest absolute Gasteiger partial charge is 0.410 e. The molecule has 0 spiro atoms. The highest BCUT2D eigenvalue weighted by atomic mass is 16.7. The lowest BCUT2D eigenvalue weighted by Gasteiger charge is -2.36. The highest BCUT2D eigenvalue weighted by molar-refractivity contribution is 6.07. The van der Waals surface area contributed by atoms with E-state index in [2.05, 4.69) is 0 Å². The number of amides is 2. The second kappa shape index (κ2) is 8.39. The van der Waals surface area contributed by atoms with Crippen molar-refractivity contribution >= 4 is 17.8 Å². The second-order valence-electron chi connectivity index (χ2n) is 9.30. The summed E-state index contributed by atoms with van der Waals surface area (Å²) in [5.41, 5.74) is -0.143. The Kier molecular flexibility index (Phi) is 5.77. The van der Waals surface area contributed by atoms with Crippen molar-refractivity contribution in [1.82, 2.24) is 9.96 Å². The Bertz CT molecular complexity index is 1000. The van der Waals surface area contributed by atoms with E-state index in [9.17, 15) is 14.4 Å². The van der Waals surface area contributed by atoms with E-state index in [0.717, 1.165) is 5.56 Å². The highest BCUT2D eigenvalue weighted by Crippen LogP contribution is 2.47. The fraction of sp³-hybridized carbons (Fsp3) is 0.400. The molecule has 4 rings (SSSR count). The number of nitrogens with zero attached hydrogens (tertiary/aromatic N) is 2. The number of hydroxylamine groups is 2. The molecule has 168 valence electrons. The maximum atomic E-state index is 13.3. The quantitative estimate of drug-likeness (QED) is 0.538. The summed E-state index contributed by atoms with van der Waals surface area (Å²) < 4.78 is 5.57. The van der Waals surface area contributed by atoms with E-state index in [1.807, 2.05) is 57.2 Å². The Balaban J connectivity index is 1.62. The molecule has 0 aliphatic carbocycles. The molecule has 2 aromatic carbocycles. The lowest BCUT2D eigenvalue weighted by atomic mass is 9.81. The third kappa shape index (κ3) is 4.12. The van der Waals surface area contributed by atoms with Gasteiger partial charge in [0.1, 0.15) is 11.1 Å². The van der Waals surface area contributed by atoms with E-state index in [1.165, 1.54) is 5.06 Å². The molecule has 2 amide bonds. The number of benzene rings is 2. The summed E-state index contributed by atoms with van der Waals surface area (Å²) in [4.78, 5) is 46.3. The Hall–Kier alpha value is -3.19. The predicted molar refractivity (Wildman–Crippen MR) is 118 cm³/mol. The van der Waals surface area contributed by atoms with Crippen LogP contribution in [0.4, 0.5) is 4.79 Å². The zero-order valence-corrected chi connectivity index (χ0v) is 18.6. The average Bonchev–Trinajstić information content (AvgIpc) is 3.31. The lowest BCUT2D eigenvalue weighted by Crippen LogP contribution is -2.50. The molecule has 0 saturated carbocycles. The SMILES string of the molecule is CC(C)(C)OC(=O)N1CC2CON(C(=O)CC(=O)c3ccccc3)C2(c2ccccc2)C1. The van der Waals surface area contributed by atoms with Gasteiger partial charge in [-0.2, -0.15) is 0 Å². The van der Waals surface area contributed by atoms with E-state index < -0.39 is 23.1 Å². The number of fused-ring (bicyclic) bond motifs is 1. The lowest BCUT2D eigenvalue weighted by molar-refractivity contribution is -0.191. The molecule has 7 heteroatoms. The molecule has 2 fully saturated rings. The van der Waals surface area contributed by atoms with Gasteiger partial charge in [0.05, 0.1) is 19.6 Å². The molecule has 0 N–H and O–H groups in total. The van der Waals surface area contributed by atoms with Crippen molar-refractivity contribution in [1.29, 1.82) is 0 Å². The van der Waals surface area contributed by atoms with Crippen LogP contribution in [-0.4, -0.2) is 53.0 Å². The van der Waals surface area contributed by atoms with E-state index in [-0.39, 0.29) is 31.3 Å². The Labute approximate surface area is 187 Å². The zero-order valence-electron chi connectivity index (χ0n) is 18.6. The normalized spacial score (nSPS) is 22.5. The van der Waals surface area contributed by atoms with Gasteiger partial charge in [-0.1, -0.05) is 60.7 Å². The molecule has 2 atom stereocenters. The number of carbonyl (C=O) groups excluding carboxylic acids is 3. The molecule has 32 heavy (non-hydrogen) atoms. The van der Waals surface area contributed by atoms with Crippen LogP contribution in [0.1, 0.15) is 43.1 Å². The molecule has 0 aromatic heterocycles. The molecule has 2 aliphatic heterocycles. The fourth-order valence-electron chi connectivity index (χ4n) is 4.47. The van der Waals surface area contributed by atoms with Crippen LogP contribution >= 0.6 is 0 Å². The molecular formula is C25H28N2O5. The molecule has 2 saturated heterocycles. The first kappa shape index (κ1) is 22.0. The first-order valence-corrected chi connectivity index (χ1v) is 10.8. The summed E-state index contributed by atoms with van der Waals surface area (Å²) in [5, 5.41) is 1.33. The molecule has 2 unspecified atom stereocenters. The maximum absolute atomic E-state index is 13.3. The molecular weight excluding hydrogens is 408 g/mol. The third-order valence-corrected chi connectivity index (χ3v) is 5.87. The van der Waals surface area contributed by atoms with Crippen molar-refractivity contribution < 1.29 is 24.0 Å². The molecule has 2 aliphatic rings. The second-order valence-corrected chi connectivity index (χ2v) is 9.30. The number of ether oxygens (including phenoxy) is 1. The number of carbonyl (C=O) groups is 3. The van der Waals surface area contributed by atoms with Gasteiger partial charge in [0.25, 0.3) is 5.91 Å². The largest absolute Gasteiger partial charge is 0.444 e. The Morgan fingerprint density at radius 3 is 2.28 bits per heavy atom. The monoisotopic (exact) mass is 436 g/mol. The van der Waals surface area contributed by atoms with Crippen LogP contribution in [0.3, 0.4) is 0 Å². The predicted octanol–water partition coefficient (Wildman–Crippen LogP) is 3.80. The first-order chi connectivity index (χ1) is 15.2. The maximum Gasteiger partial charge on any atom is 0.410 e. The van der Waals surface area contributed by atoms with Crippen LogP contribution in [0, 0.1) is 5.92 Å². The minimum atomic E-state index is -0.869. The summed E-state index contributed by atoms with van der Waals surface area (Å²) >= 11 is 0. The van der Waals surface area contributed by atoms with E-state index in [0.29, 0.717) is 12.1 Å². The highest BCUT2D eigenvalue weighted by Gasteiger charge is 2.60. The number of rotatable bonds is 4. The average molecular weight is 437 g/mol.